The number of rotatable bonds is 10. The smallest absolute Gasteiger partial charge is 0.194 e. The predicted molar refractivity (Wildman–Crippen MR) is 108 cm³/mol. The molecule has 7 nitrogen and oxygen atoms in total. The first-order valence-corrected chi connectivity index (χ1v) is 9.30. The molecule has 7 heteroatoms. The van der Waals surface area contributed by atoms with Gasteiger partial charge < -0.3 is 19.7 Å². The highest BCUT2D eigenvalue weighted by Gasteiger charge is 2.08. The molecule has 0 fully saturated rings. The molecule has 2 rings (SSSR count). The van der Waals surface area contributed by atoms with Gasteiger partial charge in [0.15, 0.2) is 5.96 Å². The number of nitrogens with zero attached hydrogens (tertiary/aromatic N) is 4. The Balaban J connectivity index is 1.96. The van der Waals surface area contributed by atoms with Crippen LogP contribution in [0.5, 0.6) is 5.75 Å². The molecule has 0 aliphatic carbocycles. The summed E-state index contributed by atoms with van der Waals surface area (Å²) in [6.07, 6.45) is 4.78. The normalized spacial score (nSPS) is 11.5. The standard InChI is InChI=1S/C20H31N5O2/c1-5-21-20(24(2)15-18-14-23-25(3)16-18)22-13-17-8-6-9-19(12-17)27-11-7-10-26-4/h6,8-9,12,14,16H,5,7,10-11,13,15H2,1-4H3,(H,21,22). The highest BCUT2D eigenvalue weighted by molar-refractivity contribution is 5.79. The van der Waals surface area contributed by atoms with E-state index in [9.17, 15) is 0 Å². The van der Waals surface area contributed by atoms with E-state index in [-0.39, 0.29) is 0 Å². The summed E-state index contributed by atoms with van der Waals surface area (Å²) in [5, 5.41) is 7.57. The molecule has 0 aliphatic rings. The van der Waals surface area contributed by atoms with Crippen LogP contribution in [-0.4, -0.2) is 54.6 Å². The zero-order chi connectivity index (χ0) is 19.5. The van der Waals surface area contributed by atoms with Crippen LogP contribution in [0.2, 0.25) is 0 Å². The van der Waals surface area contributed by atoms with E-state index in [2.05, 4.69) is 28.3 Å². The number of methoxy groups -OCH3 is 1. The van der Waals surface area contributed by atoms with Gasteiger partial charge in [-0.25, -0.2) is 4.99 Å². The van der Waals surface area contributed by atoms with Gasteiger partial charge in [-0.15, -0.1) is 0 Å². The SMILES string of the molecule is CCNC(=NCc1cccc(OCCCOC)c1)N(C)Cc1cnn(C)c1. The molecule has 0 saturated heterocycles. The molecule has 27 heavy (non-hydrogen) atoms. The zero-order valence-electron chi connectivity index (χ0n) is 16.8. The lowest BCUT2D eigenvalue weighted by Crippen LogP contribution is -2.38. The fraction of sp³-hybridized carbons (Fsp3) is 0.500. The average Bonchev–Trinajstić information content (AvgIpc) is 3.07. The van der Waals surface area contributed by atoms with Crippen LogP contribution in [0.4, 0.5) is 0 Å². The third-order valence-electron chi connectivity index (χ3n) is 3.95. The summed E-state index contributed by atoms with van der Waals surface area (Å²) in [6, 6.07) is 8.08. The van der Waals surface area contributed by atoms with Gasteiger partial charge >= 0.3 is 0 Å². The van der Waals surface area contributed by atoms with Gasteiger partial charge in [0.25, 0.3) is 0 Å². The first-order valence-electron chi connectivity index (χ1n) is 9.30. The summed E-state index contributed by atoms with van der Waals surface area (Å²) >= 11 is 0. The number of aryl methyl sites for hydroxylation is 1. The second-order valence-corrected chi connectivity index (χ2v) is 6.39. The summed E-state index contributed by atoms with van der Waals surface area (Å²) < 4.78 is 12.6. The molecule has 148 valence electrons. The summed E-state index contributed by atoms with van der Waals surface area (Å²) in [4.78, 5) is 6.87. The second-order valence-electron chi connectivity index (χ2n) is 6.39. The number of guanidine groups is 1. The average molecular weight is 374 g/mol. The molecule has 1 aromatic carbocycles. The van der Waals surface area contributed by atoms with Crippen molar-refractivity contribution in [1.82, 2.24) is 20.0 Å². The van der Waals surface area contributed by atoms with Crippen LogP contribution >= 0.6 is 0 Å². The van der Waals surface area contributed by atoms with Crippen molar-refractivity contribution < 1.29 is 9.47 Å². The lowest BCUT2D eigenvalue weighted by molar-refractivity contribution is 0.172. The Morgan fingerprint density at radius 2 is 2.15 bits per heavy atom. The van der Waals surface area contributed by atoms with Gasteiger partial charge in [-0.05, 0) is 24.6 Å². The lowest BCUT2D eigenvalue weighted by Gasteiger charge is -2.21. The van der Waals surface area contributed by atoms with Crippen LogP contribution in [0, 0.1) is 0 Å². The summed E-state index contributed by atoms with van der Waals surface area (Å²) in [6.45, 7) is 5.59. The van der Waals surface area contributed by atoms with Crippen LogP contribution in [0.15, 0.2) is 41.7 Å². The molecular formula is C20H31N5O2. The molecule has 0 radical (unpaired) electrons. The maximum absolute atomic E-state index is 5.77. The number of nitrogens with one attached hydrogen (secondary N) is 1. The Hall–Kier alpha value is -2.54. The molecule has 0 atom stereocenters. The van der Waals surface area contributed by atoms with Crippen LogP contribution in [-0.2, 0) is 24.9 Å². The Kier molecular flexibility index (Phi) is 8.64. The predicted octanol–water partition coefficient (Wildman–Crippen LogP) is 2.43. The van der Waals surface area contributed by atoms with Crippen LogP contribution in [0.25, 0.3) is 0 Å². The third kappa shape index (κ3) is 7.30. The molecule has 0 saturated carbocycles. The molecule has 0 amide bonds. The summed E-state index contributed by atoms with van der Waals surface area (Å²) in [5.41, 5.74) is 2.27. The summed E-state index contributed by atoms with van der Waals surface area (Å²) in [5.74, 6) is 1.74. The highest BCUT2D eigenvalue weighted by atomic mass is 16.5. The maximum atomic E-state index is 5.77. The fourth-order valence-electron chi connectivity index (χ4n) is 2.67. The maximum Gasteiger partial charge on any atom is 0.194 e. The number of hydrogen-bond donors (Lipinski definition) is 1. The second kappa shape index (κ2) is 11.2. The number of benzene rings is 1. The van der Waals surface area contributed by atoms with E-state index in [4.69, 9.17) is 14.5 Å². The van der Waals surface area contributed by atoms with E-state index in [1.807, 2.05) is 49.4 Å². The van der Waals surface area contributed by atoms with Crippen molar-refractivity contribution in [3.8, 4) is 5.75 Å². The minimum atomic E-state index is 0.592. The Bertz CT molecular complexity index is 714. The van der Waals surface area contributed by atoms with Gasteiger partial charge in [0.2, 0.25) is 0 Å². The first kappa shape index (κ1) is 20.8. The Morgan fingerprint density at radius 3 is 2.85 bits per heavy atom. The topological polar surface area (TPSA) is 63.9 Å². The van der Waals surface area contributed by atoms with Crippen LogP contribution < -0.4 is 10.1 Å². The van der Waals surface area contributed by atoms with Crippen molar-refractivity contribution in [2.75, 3.05) is 33.9 Å². The molecular weight excluding hydrogens is 342 g/mol. The van der Waals surface area contributed by atoms with E-state index < -0.39 is 0 Å². The molecule has 1 heterocycles. The van der Waals surface area contributed by atoms with Gasteiger partial charge in [0.05, 0.1) is 19.3 Å². The van der Waals surface area contributed by atoms with Crippen molar-refractivity contribution >= 4 is 5.96 Å². The molecule has 0 aliphatic heterocycles. The molecule has 1 aromatic heterocycles. The number of aliphatic imine (C=N–C) groups is 1. The lowest BCUT2D eigenvalue weighted by atomic mass is 10.2. The van der Waals surface area contributed by atoms with Crippen molar-refractivity contribution in [3.05, 3.63) is 47.8 Å². The molecule has 0 bridgehead atoms. The van der Waals surface area contributed by atoms with Gasteiger partial charge in [-0.2, -0.15) is 5.10 Å². The van der Waals surface area contributed by atoms with Gasteiger partial charge in [0.1, 0.15) is 5.75 Å². The molecule has 0 spiro atoms. The van der Waals surface area contributed by atoms with Gasteiger partial charge in [0, 0.05) is 59.1 Å². The van der Waals surface area contributed by atoms with Crippen molar-refractivity contribution in [1.29, 1.82) is 0 Å². The minimum absolute atomic E-state index is 0.592. The van der Waals surface area contributed by atoms with Crippen LogP contribution in [0.3, 0.4) is 0 Å². The van der Waals surface area contributed by atoms with Gasteiger partial charge in [-0.3, -0.25) is 4.68 Å². The number of ether oxygens (including phenoxy) is 2. The molecule has 0 unspecified atom stereocenters. The summed E-state index contributed by atoms with van der Waals surface area (Å²) in [7, 11) is 5.66. The minimum Gasteiger partial charge on any atom is -0.493 e. The largest absolute Gasteiger partial charge is 0.493 e. The van der Waals surface area contributed by atoms with E-state index >= 15 is 0 Å². The van der Waals surface area contributed by atoms with E-state index in [0.29, 0.717) is 19.8 Å². The van der Waals surface area contributed by atoms with Crippen LogP contribution in [0.1, 0.15) is 24.5 Å². The quantitative estimate of drug-likeness (QED) is 0.394. The van der Waals surface area contributed by atoms with Crippen molar-refractivity contribution in [3.63, 3.8) is 0 Å². The highest BCUT2D eigenvalue weighted by Crippen LogP contribution is 2.14. The fourth-order valence-corrected chi connectivity index (χ4v) is 2.67. The first-order chi connectivity index (χ1) is 13.1. The number of hydrogen-bond acceptors (Lipinski definition) is 4. The Labute approximate surface area is 162 Å². The van der Waals surface area contributed by atoms with Gasteiger partial charge in [-0.1, -0.05) is 12.1 Å². The molecule has 1 N–H and O–H groups in total. The van der Waals surface area contributed by atoms with Crippen molar-refractivity contribution in [2.45, 2.75) is 26.4 Å². The Morgan fingerprint density at radius 1 is 1.30 bits per heavy atom. The van der Waals surface area contributed by atoms with E-state index in [0.717, 1.165) is 42.3 Å². The van der Waals surface area contributed by atoms with E-state index in [1.165, 1.54) is 0 Å². The monoisotopic (exact) mass is 373 g/mol. The van der Waals surface area contributed by atoms with Crippen molar-refractivity contribution in [2.24, 2.45) is 12.0 Å². The van der Waals surface area contributed by atoms with E-state index in [1.54, 1.807) is 7.11 Å². The molecule has 2 aromatic rings. The zero-order valence-corrected chi connectivity index (χ0v) is 16.8. The number of aromatic nitrogens is 2. The third-order valence-corrected chi connectivity index (χ3v) is 3.95.